The molecule has 0 fully saturated rings. The quantitative estimate of drug-likeness (QED) is 0.165. The van der Waals surface area contributed by atoms with E-state index < -0.39 is 0 Å². The Labute approximate surface area is 331 Å². The Bertz CT molecular complexity index is 3110. The Balaban J connectivity index is 1.11. The number of hydrogen-bond donors (Lipinski definition) is 0. The molecule has 264 valence electrons. The molecule has 1 unspecified atom stereocenters. The van der Waals surface area contributed by atoms with Crippen molar-refractivity contribution < 1.29 is 0 Å². The second-order valence-electron chi connectivity index (χ2n) is 15.0. The van der Waals surface area contributed by atoms with Gasteiger partial charge in [-0.05, 0) is 116 Å². The normalized spacial score (nSPS) is 14.6. The van der Waals surface area contributed by atoms with Crippen LogP contribution in [0.5, 0.6) is 0 Å². The van der Waals surface area contributed by atoms with E-state index in [1.54, 1.807) is 0 Å². The minimum atomic E-state index is -0.304. The molecule has 1 nitrogen and oxygen atoms in total. The van der Waals surface area contributed by atoms with Gasteiger partial charge in [0.1, 0.15) is 0 Å². The van der Waals surface area contributed by atoms with E-state index >= 15 is 0 Å². The third-order valence-electron chi connectivity index (χ3n) is 11.9. The van der Waals surface area contributed by atoms with Gasteiger partial charge in [0, 0.05) is 42.6 Å². The van der Waals surface area contributed by atoms with Gasteiger partial charge in [0.15, 0.2) is 0 Å². The Hall–Kier alpha value is -6.74. The maximum Gasteiger partial charge on any atom is 0.0467 e. The van der Waals surface area contributed by atoms with Gasteiger partial charge in [0.25, 0.3) is 0 Å². The highest BCUT2D eigenvalue weighted by Crippen LogP contribution is 2.54. The molecule has 1 atom stereocenters. The second-order valence-corrected chi connectivity index (χ2v) is 16.1. The molecule has 2 heteroatoms. The van der Waals surface area contributed by atoms with E-state index in [1.165, 1.54) is 81.0 Å². The van der Waals surface area contributed by atoms with Crippen LogP contribution in [-0.4, -0.2) is 0 Å². The zero-order valence-corrected chi connectivity index (χ0v) is 31.8. The predicted octanol–water partition coefficient (Wildman–Crippen LogP) is 15.3. The zero-order valence-electron chi connectivity index (χ0n) is 31.0. The summed E-state index contributed by atoms with van der Waals surface area (Å²) < 4.78 is 2.64. The molecule has 0 saturated heterocycles. The summed E-state index contributed by atoms with van der Waals surface area (Å²) in [5, 5.41) is 5.14. The van der Waals surface area contributed by atoms with Crippen LogP contribution in [0.4, 0.5) is 17.1 Å². The topological polar surface area (TPSA) is 3.24 Å². The molecule has 0 spiro atoms. The molecular formula is C54H37NS. The number of nitrogens with zero attached hydrogens (tertiary/aromatic N) is 1. The summed E-state index contributed by atoms with van der Waals surface area (Å²) in [7, 11) is 0. The molecule has 1 aromatic heterocycles. The lowest BCUT2D eigenvalue weighted by Crippen LogP contribution is -2.22. The maximum absolute atomic E-state index is 2.45. The molecule has 0 bridgehead atoms. The van der Waals surface area contributed by atoms with Gasteiger partial charge in [-0.1, -0.05) is 158 Å². The average Bonchev–Trinajstić information content (AvgIpc) is 3.76. The Morgan fingerprint density at radius 3 is 1.86 bits per heavy atom. The monoisotopic (exact) mass is 731 g/mol. The first-order valence-corrected chi connectivity index (χ1v) is 20.2. The van der Waals surface area contributed by atoms with Crippen molar-refractivity contribution in [2.45, 2.75) is 12.3 Å². The first-order valence-electron chi connectivity index (χ1n) is 19.3. The van der Waals surface area contributed by atoms with Gasteiger partial charge in [-0.3, -0.25) is 0 Å². The van der Waals surface area contributed by atoms with E-state index in [2.05, 4.69) is 218 Å². The van der Waals surface area contributed by atoms with Crippen molar-refractivity contribution in [2.24, 2.45) is 0 Å². The van der Waals surface area contributed by atoms with Gasteiger partial charge in [-0.25, -0.2) is 0 Å². The van der Waals surface area contributed by atoms with Crippen molar-refractivity contribution in [2.75, 3.05) is 4.90 Å². The number of rotatable bonds is 6. The van der Waals surface area contributed by atoms with Crippen molar-refractivity contribution in [1.82, 2.24) is 0 Å². The lowest BCUT2D eigenvalue weighted by Gasteiger charge is -2.31. The number of benzene rings is 9. The fraction of sp³-hybridized carbons (Fsp3) is 0.0370. The number of thiophene rings is 1. The molecule has 10 aromatic rings. The Morgan fingerprint density at radius 1 is 0.375 bits per heavy atom. The van der Waals surface area contributed by atoms with Crippen molar-refractivity contribution >= 4 is 59.3 Å². The minimum Gasteiger partial charge on any atom is -0.310 e. The zero-order chi connectivity index (χ0) is 37.2. The van der Waals surface area contributed by atoms with Crippen LogP contribution in [0, 0.1) is 0 Å². The second kappa shape index (κ2) is 12.9. The SMILES string of the molecule is CC1(c2ccccc2)c2ccccc2-c2ccc(N(c3cccc(-c4ccc5c(c4)sc4ccccc45)c3)c3cccc(-c4cccc5ccccc45)c3)cc21. The molecule has 0 radical (unpaired) electrons. The molecule has 1 aliphatic carbocycles. The van der Waals surface area contributed by atoms with Crippen LogP contribution in [0.15, 0.2) is 206 Å². The summed E-state index contributed by atoms with van der Waals surface area (Å²) in [4.78, 5) is 2.45. The van der Waals surface area contributed by atoms with Crippen molar-refractivity contribution in [1.29, 1.82) is 0 Å². The van der Waals surface area contributed by atoms with Crippen molar-refractivity contribution in [3.8, 4) is 33.4 Å². The lowest BCUT2D eigenvalue weighted by atomic mass is 9.74. The van der Waals surface area contributed by atoms with Gasteiger partial charge >= 0.3 is 0 Å². The number of anilines is 3. The highest BCUT2D eigenvalue weighted by molar-refractivity contribution is 7.25. The summed E-state index contributed by atoms with van der Waals surface area (Å²) in [6.07, 6.45) is 0. The molecule has 0 saturated carbocycles. The molecule has 56 heavy (non-hydrogen) atoms. The molecule has 0 N–H and O–H groups in total. The summed E-state index contributed by atoms with van der Waals surface area (Å²) in [6, 6.07) is 76.1. The van der Waals surface area contributed by atoms with Crippen LogP contribution in [0.25, 0.3) is 64.3 Å². The first-order chi connectivity index (χ1) is 27.6. The van der Waals surface area contributed by atoms with E-state index in [9.17, 15) is 0 Å². The van der Waals surface area contributed by atoms with E-state index in [0.29, 0.717) is 0 Å². The van der Waals surface area contributed by atoms with Crippen LogP contribution in [0.3, 0.4) is 0 Å². The average molecular weight is 732 g/mol. The van der Waals surface area contributed by atoms with E-state index in [-0.39, 0.29) is 5.41 Å². The van der Waals surface area contributed by atoms with E-state index in [1.807, 2.05) is 11.3 Å². The lowest BCUT2D eigenvalue weighted by molar-refractivity contribution is 0.714. The van der Waals surface area contributed by atoms with E-state index in [4.69, 9.17) is 0 Å². The third-order valence-corrected chi connectivity index (χ3v) is 13.1. The fourth-order valence-electron chi connectivity index (χ4n) is 9.17. The first kappa shape index (κ1) is 32.7. The summed E-state index contributed by atoms with van der Waals surface area (Å²) in [5.74, 6) is 0. The van der Waals surface area contributed by atoms with Crippen molar-refractivity contribution in [3.05, 3.63) is 223 Å². The Morgan fingerprint density at radius 2 is 0.982 bits per heavy atom. The molecule has 11 rings (SSSR count). The fourth-order valence-corrected chi connectivity index (χ4v) is 10.3. The largest absolute Gasteiger partial charge is 0.310 e. The van der Waals surface area contributed by atoms with Crippen LogP contribution in [-0.2, 0) is 5.41 Å². The summed E-state index contributed by atoms with van der Waals surface area (Å²) >= 11 is 1.87. The van der Waals surface area contributed by atoms with Crippen LogP contribution in [0.2, 0.25) is 0 Å². The van der Waals surface area contributed by atoms with Crippen molar-refractivity contribution in [3.63, 3.8) is 0 Å². The molecular weight excluding hydrogens is 695 g/mol. The summed E-state index contributed by atoms with van der Waals surface area (Å²) in [6.45, 7) is 2.40. The van der Waals surface area contributed by atoms with Gasteiger partial charge in [0.2, 0.25) is 0 Å². The highest BCUT2D eigenvalue weighted by atomic mass is 32.1. The minimum absolute atomic E-state index is 0.304. The van der Waals surface area contributed by atoms with Crippen LogP contribution < -0.4 is 4.90 Å². The Kier molecular flexibility index (Phi) is 7.55. The highest BCUT2D eigenvalue weighted by Gasteiger charge is 2.41. The van der Waals surface area contributed by atoms with Gasteiger partial charge < -0.3 is 4.90 Å². The van der Waals surface area contributed by atoms with Crippen LogP contribution >= 0.6 is 11.3 Å². The molecule has 0 aliphatic heterocycles. The van der Waals surface area contributed by atoms with Crippen LogP contribution in [0.1, 0.15) is 23.6 Å². The number of fused-ring (bicyclic) bond motifs is 7. The molecule has 1 heterocycles. The van der Waals surface area contributed by atoms with Gasteiger partial charge in [-0.2, -0.15) is 0 Å². The summed E-state index contributed by atoms with van der Waals surface area (Å²) in [5.41, 5.74) is 14.5. The van der Waals surface area contributed by atoms with E-state index in [0.717, 1.165) is 17.1 Å². The van der Waals surface area contributed by atoms with Gasteiger partial charge in [-0.15, -0.1) is 11.3 Å². The smallest absolute Gasteiger partial charge is 0.0467 e. The standard InChI is InChI=1S/C54H37NS/c1-54(40-18-3-2-4-19-40)50-26-9-7-23-46(50)47-31-29-43(35-51(47)54)55(42-21-12-17-39(33-42)45-25-13-15-36-14-5-6-22-44(36)45)41-20-11-16-37(32-41)38-28-30-49-48-24-8-10-27-52(48)56-53(49)34-38/h2-35H,1H3. The molecule has 1 aliphatic rings. The van der Waals surface area contributed by atoms with Gasteiger partial charge in [0.05, 0.1) is 0 Å². The third kappa shape index (κ3) is 5.14. The molecule has 0 amide bonds. The number of hydrogen-bond acceptors (Lipinski definition) is 2. The maximum atomic E-state index is 2.45. The molecule has 9 aromatic carbocycles. The predicted molar refractivity (Wildman–Crippen MR) is 240 cm³/mol.